The van der Waals surface area contributed by atoms with E-state index in [2.05, 4.69) is 28.1 Å². The number of nitrogens with two attached hydrogens (primary N) is 1. The Hall–Kier alpha value is -3.98. The average molecular weight is 1120 g/mol. The third-order valence-electron chi connectivity index (χ3n) is 15.7. The number of aliphatic imine (C=N–C) groups is 2. The zero-order valence-corrected chi connectivity index (χ0v) is 42.9. The zero-order valence-electron chi connectivity index (χ0n) is 39.8. The van der Waals surface area contributed by atoms with Crippen LogP contribution in [-0.2, 0) is 33.4 Å². The van der Waals surface area contributed by atoms with E-state index in [-0.39, 0.29) is 51.1 Å². The first-order valence-electron chi connectivity index (χ1n) is 23.6. The first-order valence-corrected chi connectivity index (χ1v) is 25.2. The van der Waals surface area contributed by atoms with Crippen molar-refractivity contribution < 1.29 is 54.6 Å². The van der Waals surface area contributed by atoms with E-state index in [4.69, 9.17) is 58.4 Å². The second-order valence-electron chi connectivity index (χ2n) is 20.0. The highest BCUT2D eigenvalue weighted by molar-refractivity contribution is 9.10. The number of guanidine groups is 1. The molecule has 4 aliphatic carbocycles. The molecule has 0 aromatic heterocycles. The van der Waals surface area contributed by atoms with E-state index < -0.39 is 55.3 Å². The molecule has 6 aliphatic rings. The number of rotatable bonds is 6. The summed E-state index contributed by atoms with van der Waals surface area (Å²) in [6.07, 6.45) is 0.214. The van der Waals surface area contributed by atoms with Crippen LogP contribution >= 0.6 is 39.1 Å². The van der Waals surface area contributed by atoms with Crippen LogP contribution in [0.3, 0.4) is 0 Å². The van der Waals surface area contributed by atoms with Crippen molar-refractivity contribution in [3.8, 4) is 11.1 Å². The molecule has 0 radical (unpaired) electrons. The highest BCUT2D eigenvalue weighted by Crippen LogP contribution is 2.63. The molecular weight excluding hydrogens is 1060 g/mol. The Morgan fingerprint density at radius 1 is 0.681 bits per heavy atom. The van der Waals surface area contributed by atoms with Crippen molar-refractivity contribution in [2.45, 2.75) is 107 Å². The molecule has 0 bridgehead atoms. The monoisotopic (exact) mass is 1110 g/mol. The van der Waals surface area contributed by atoms with Crippen LogP contribution in [0.25, 0.3) is 11.1 Å². The minimum Gasteiger partial charge on any atom is -0.423 e. The van der Waals surface area contributed by atoms with Gasteiger partial charge >= 0.3 is 19.5 Å². The Bertz CT molecular complexity index is 2680. The lowest BCUT2D eigenvalue weighted by atomic mass is 9.61. The van der Waals surface area contributed by atoms with Crippen LogP contribution in [0.2, 0.25) is 10.0 Å². The maximum absolute atomic E-state index is 14.1. The molecule has 72 heavy (non-hydrogen) atoms. The molecule has 2 atom stereocenters. The van der Waals surface area contributed by atoms with Gasteiger partial charge < -0.3 is 35.1 Å². The molecular formula is C51H55BBrCl2F8N5O4. The Labute approximate surface area is 432 Å². The van der Waals surface area contributed by atoms with Gasteiger partial charge in [-0.2, -0.15) is 26.3 Å². The van der Waals surface area contributed by atoms with E-state index in [9.17, 15) is 35.1 Å². The molecule has 0 amide bonds. The fraction of sp³-hybridized carbons (Fsp3) is 0.490. The number of hydrogen-bond donors (Lipinski definition) is 3. The largest absolute Gasteiger partial charge is 0.488 e. The average Bonchev–Trinajstić information content (AvgIpc) is 3.96. The fourth-order valence-corrected chi connectivity index (χ4v) is 13.2. The van der Waals surface area contributed by atoms with Crippen LogP contribution in [0, 0.1) is 22.5 Å². The van der Waals surface area contributed by atoms with Gasteiger partial charge in [-0.25, -0.2) is 13.8 Å². The Morgan fingerprint density at radius 3 is 1.68 bits per heavy atom. The van der Waals surface area contributed by atoms with Gasteiger partial charge in [0.15, 0.2) is 5.96 Å². The van der Waals surface area contributed by atoms with Gasteiger partial charge in [-0.3, -0.25) is 4.99 Å². The summed E-state index contributed by atoms with van der Waals surface area (Å²) in [5.74, 6) is -0.627. The molecule has 4 aromatic rings. The van der Waals surface area contributed by atoms with E-state index in [0.717, 1.165) is 102 Å². The topological polar surface area (TPSA) is 116 Å². The quantitative estimate of drug-likeness (QED) is 0.130. The van der Waals surface area contributed by atoms with Gasteiger partial charge in [0, 0.05) is 46.1 Å². The zero-order chi connectivity index (χ0) is 52.2. The Balaban J connectivity index is 0.000000162. The van der Waals surface area contributed by atoms with Crippen molar-refractivity contribution >= 4 is 63.5 Å². The summed E-state index contributed by atoms with van der Waals surface area (Å²) in [7, 11) is 1.75. The molecule has 10 rings (SSSR count). The first-order chi connectivity index (χ1) is 33.8. The number of fused-ring (bicyclic) bond motifs is 6. The number of halogens is 11. The lowest BCUT2D eigenvalue weighted by molar-refractivity contribution is -0.140. The van der Waals surface area contributed by atoms with Gasteiger partial charge in [-0.1, -0.05) is 57.3 Å². The molecule has 2 heterocycles. The molecule has 4 aromatic carbocycles. The van der Waals surface area contributed by atoms with Gasteiger partial charge in [0.2, 0.25) is 0 Å². The van der Waals surface area contributed by atoms with Crippen LogP contribution < -0.4 is 11.2 Å². The van der Waals surface area contributed by atoms with Crippen LogP contribution in [0.15, 0.2) is 87.3 Å². The molecule has 2 fully saturated rings. The molecule has 4 N–H and O–H groups in total. The van der Waals surface area contributed by atoms with Gasteiger partial charge in [0.25, 0.3) is 0 Å². The summed E-state index contributed by atoms with van der Waals surface area (Å²) >= 11 is 15.1. The molecule has 388 valence electrons. The minimum atomic E-state index is -4.39. The van der Waals surface area contributed by atoms with E-state index in [1.165, 1.54) is 28.7 Å². The number of hydrogen-bond acceptors (Lipinski definition) is 9. The molecule has 2 saturated carbocycles. The summed E-state index contributed by atoms with van der Waals surface area (Å²) in [6, 6.07) is 19.7. The Kier molecular flexibility index (Phi) is 15.6. The predicted octanol–water partition coefficient (Wildman–Crippen LogP) is 10.9. The molecule has 0 saturated heterocycles. The van der Waals surface area contributed by atoms with Crippen LogP contribution in [-0.4, -0.2) is 104 Å². The smallest absolute Gasteiger partial charge is 0.423 e. The van der Waals surface area contributed by atoms with E-state index in [1.807, 2.05) is 24.3 Å². The van der Waals surface area contributed by atoms with Crippen molar-refractivity contribution in [1.82, 2.24) is 9.80 Å². The number of ether oxygens (including phenoxy) is 2. The lowest BCUT2D eigenvalue weighted by Crippen LogP contribution is -2.49. The number of benzene rings is 4. The predicted molar refractivity (Wildman–Crippen MR) is 266 cm³/mol. The number of nitrogens with zero attached hydrogens (tertiary/aromatic N) is 4. The van der Waals surface area contributed by atoms with Crippen LogP contribution in [0.5, 0.6) is 0 Å². The second-order valence-corrected chi connectivity index (χ2v) is 21.8. The maximum Gasteiger partial charge on any atom is 0.488 e. The van der Waals surface area contributed by atoms with Gasteiger partial charge in [0.05, 0.1) is 24.6 Å². The highest BCUT2D eigenvalue weighted by atomic mass is 79.9. The molecule has 2 aliphatic heterocycles. The molecule has 9 nitrogen and oxygen atoms in total. The van der Waals surface area contributed by atoms with E-state index in [0.29, 0.717) is 24.4 Å². The standard InChI is InChI=1S/C25H26ClF4N3O.C20H24BrF3N2O.C6H5BClFO2/c1-34-20-4-6-23(7-5-20)12-16-3-2-15(17-8-18(26)11-19(27)9-17)10-21(16)24(23)13-33(22(31)32-24)14-25(28,29)30;1-13-25-19(11-26(13)12-20(22,23)24)17-9-15(21)4-3-14(17)10-18(19)7-5-16(27-2)6-8-18;8-5-1-4(7(10)11)2-6(9)3-5/h2-3,8-11,20H,4-7,12-14H2,1H3,(H2,31,32);3-4,9,16H,5-8,10-12H2,1-2H3;1-3,10-11H. The summed E-state index contributed by atoms with van der Waals surface area (Å²) in [5.41, 5.74) is 9.76. The van der Waals surface area contributed by atoms with Crippen molar-refractivity contribution in [3.63, 3.8) is 0 Å². The second kappa shape index (κ2) is 20.6. The third-order valence-corrected chi connectivity index (χ3v) is 16.7. The van der Waals surface area contributed by atoms with Gasteiger partial charge in [-0.05, 0) is 165 Å². The first kappa shape index (κ1) is 54.3. The van der Waals surface area contributed by atoms with Crippen LogP contribution in [0.4, 0.5) is 35.1 Å². The normalized spacial score (nSPS) is 27.4. The van der Waals surface area contributed by atoms with Gasteiger partial charge in [0.1, 0.15) is 35.8 Å². The summed E-state index contributed by atoms with van der Waals surface area (Å²) in [6.45, 7) is 0.000332. The third kappa shape index (κ3) is 10.9. The minimum absolute atomic E-state index is 0.0509. The van der Waals surface area contributed by atoms with Crippen molar-refractivity contribution in [2.24, 2.45) is 26.5 Å². The van der Waals surface area contributed by atoms with Crippen molar-refractivity contribution in [2.75, 3.05) is 40.4 Å². The maximum atomic E-state index is 14.1. The Morgan fingerprint density at radius 2 is 1.17 bits per heavy atom. The molecule has 4 spiro atoms. The number of amidine groups is 1. The van der Waals surface area contributed by atoms with Gasteiger partial charge in [-0.15, -0.1) is 0 Å². The summed E-state index contributed by atoms with van der Waals surface area (Å²) < 4.78 is 118. The van der Waals surface area contributed by atoms with E-state index in [1.54, 1.807) is 27.2 Å². The van der Waals surface area contributed by atoms with Crippen molar-refractivity contribution in [1.29, 1.82) is 0 Å². The number of methoxy groups -OCH3 is 2. The summed E-state index contributed by atoms with van der Waals surface area (Å²) in [5, 5.41) is 17.6. The van der Waals surface area contributed by atoms with Crippen LogP contribution in [0.1, 0.15) is 80.5 Å². The van der Waals surface area contributed by atoms with Crippen molar-refractivity contribution in [3.05, 3.63) is 121 Å². The SMILES string of the molecule is COC1CCC2(CC1)Cc1ccc(-c3cc(F)cc(Cl)c3)cc1C21CN(CC(F)(F)F)C(N)=N1.COC1CCC2(CC1)Cc1ccc(Br)cc1C21CN(CC(F)(F)F)C(C)=N1.OB(O)c1cc(F)cc(Cl)c1. The summed E-state index contributed by atoms with van der Waals surface area (Å²) in [4.78, 5) is 12.3. The lowest BCUT2D eigenvalue weighted by Gasteiger charge is -2.46. The molecule has 21 heteroatoms. The number of alkyl halides is 6. The molecule has 2 unspecified atom stereocenters. The fourth-order valence-electron chi connectivity index (χ4n) is 12.4. The van der Waals surface area contributed by atoms with E-state index >= 15 is 0 Å². The highest BCUT2D eigenvalue weighted by Gasteiger charge is 2.63.